The van der Waals surface area contributed by atoms with Gasteiger partial charge in [0.25, 0.3) is 0 Å². The van der Waals surface area contributed by atoms with Crippen LogP contribution < -0.4 is 0 Å². The number of carboxylic acid groups (broad SMARTS) is 1. The molecule has 0 aliphatic carbocycles. The zero-order valence-corrected chi connectivity index (χ0v) is 10.1. The molecular weight excluding hydrogens is 208 g/mol. The van der Waals surface area contributed by atoms with Crippen LogP contribution in [0.15, 0.2) is 0 Å². The number of rotatable bonds is 6. The van der Waals surface area contributed by atoms with E-state index >= 15 is 0 Å². The summed E-state index contributed by atoms with van der Waals surface area (Å²) in [7, 11) is 0. The number of hydrogen-bond donors (Lipinski definition) is 1. The molecule has 0 aromatic heterocycles. The lowest BCUT2D eigenvalue weighted by molar-refractivity contribution is -0.137. The average molecular weight is 230 g/mol. The lowest BCUT2D eigenvalue weighted by atomic mass is 10.0. The molecule has 94 valence electrons. The second kappa shape index (κ2) is 6.86. The zero-order chi connectivity index (χ0) is 12.0. The van der Waals surface area contributed by atoms with Gasteiger partial charge in [-0.25, -0.2) is 0 Å². The van der Waals surface area contributed by atoms with Crippen LogP contribution in [0.5, 0.6) is 0 Å². The van der Waals surface area contributed by atoms with Gasteiger partial charge in [-0.15, -0.1) is 0 Å². The van der Waals surface area contributed by atoms with Gasteiger partial charge in [0.05, 0.1) is 18.3 Å². The first-order chi connectivity index (χ1) is 7.58. The summed E-state index contributed by atoms with van der Waals surface area (Å²) in [5, 5.41) is 8.47. The Balaban J connectivity index is 2.06. The average Bonchev–Trinajstić information content (AvgIpc) is 2.15. The number of hydrogen-bond acceptors (Lipinski definition) is 3. The summed E-state index contributed by atoms with van der Waals surface area (Å²) in [6.07, 6.45) is 4.48. The first-order valence-corrected chi connectivity index (χ1v) is 6.06. The highest BCUT2D eigenvalue weighted by molar-refractivity contribution is 5.66. The Hall–Kier alpha value is -0.610. The van der Waals surface area contributed by atoms with Gasteiger partial charge >= 0.3 is 5.97 Å². The first kappa shape index (κ1) is 13.5. The fraction of sp³-hybridized carbons (Fsp3) is 0.917. The van der Waals surface area contributed by atoms with Gasteiger partial charge < -0.3 is 14.6 Å². The first-order valence-electron chi connectivity index (χ1n) is 6.06. The molecule has 1 heterocycles. The highest BCUT2D eigenvalue weighted by Crippen LogP contribution is 2.21. The number of unbranched alkanes of at least 4 members (excludes halogenated alkanes) is 1. The minimum Gasteiger partial charge on any atom is -0.481 e. The van der Waals surface area contributed by atoms with Gasteiger partial charge in [-0.05, 0) is 39.5 Å². The highest BCUT2D eigenvalue weighted by Gasteiger charge is 2.24. The van der Waals surface area contributed by atoms with Crippen molar-refractivity contribution in [2.24, 2.45) is 0 Å². The van der Waals surface area contributed by atoms with Gasteiger partial charge in [-0.1, -0.05) is 0 Å². The molecule has 1 aliphatic rings. The smallest absolute Gasteiger partial charge is 0.303 e. The van der Waals surface area contributed by atoms with Crippen LogP contribution in [0.1, 0.15) is 46.0 Å². The highest BCUT2D eigenvalue weighted by atomic mass is 16.5. The maximum absolute atomic E-state index is 10.3. The largest absolute Gasteiger partial charge is 0.481 e. The van der Waals surface area contributed by atoms with Crippen molar-refractivity contribution in [3.8, 4) is 0 Å². The minimum atomic E-state index is -0.728. The van der Waals surface area contributed by atoms with Crippen LogP contribution in [-0.4, -0.2) is 36.0 Å². The molecule has 1 aliphatic heterocycles. The van der Waals surface area contributed by atoms with Gasteiger partial charge in [0.1, 0.15) is 0 Å². The SMILES string of the molecule is CC1CC(OCCCCC(=O)O)CC(C)O1. The van der Waals surface area contributed by atoms with E-state index in [1.807, 2.05) is 0 Å². The van der Waals surface area contributed by atoms with E-state index in [0.717, 1.165) is 19.3 Å². The van der Waals surface area contributed by atoms with Crippen molar-refractivity contribution in [1.82, 2.24) is 0 Å². The summed E-state index contributed by atoms with van der Waals surface area (Å²) < 4.78 is 11.4. The van der Waals surface area contributed by atoms with Gasteiger partial charge in [0, 0.05) is 13.0 Å². The predicted octanol–water partition coefficient (Wildman–Crippen LogP) is 2.21. The lowest BCUT2D eigenvalue weighted by Gasteiger charge is -2.32. The fourth-order valence-corrected chi connectivity index (χ4v) is 2.11. The molecule has 0 amide bonds. The second-order valence-corrected chi connectivity index (χ2v) is 4.57. The molecule has 1 N–H and O–H groups in total. The van der Waals surface area contributed by atoms with E-state index in [0.29, 0.717) is 13.0 Å². The van der Waals surface area contributed by atoms with Crippen molar-refractivity contribution in [2.45, 2.75) is 64.3 Å². The maximum atomic E-state index is 10.3. The molecule has 16 heavy (non-hydrogen) atoms. The number of aliphatic carboxylic acids is 1. The van der Waals surface area contributed by atoms with Crippen LogP contribution in [0.3, 0.4) is 0 Å². The Morgan fingerprint density at radius 3 is 2.50 bits per heavy atom. The zero-order valence-electron chi connectivity index (χ0n) is 10.1. The second-order valence-electron chi connectivity index (χ2n) is 4.57. The molecule has 4 nitrogen and oxygen atoms in total. The Morgan fingerprint density at radius 1 is 1.31 bits per heavy atom. The predicted molar refractivity (Wildman–Crippen MR) is 60.5 cm³/mol. The molecule has 0 aromatic carbocycles. The Labute approximate surface area is 96.9 Å². The number of carboxylic acids is 1. The Bertz CT molecular complexity index is 207. The quantitative estimate of drug-likeness (QED) is 0.711. The normalized spacial score (nSPS) is 30.2. The van der Waals surface area contributed by atoms with E-state index in [-0.39, 0.29) is 24.7 Å². The van der Waals surface area contributed by atoms with Gasteiger partial charge in [-0.3, -0.25) is 4.79 Å². The van der Waals surface area contributed by atoms with E-state index in [1.54, 1.807) is 0 Å². The van der Waals surface area contributed by atoms with Crippen molar-refractivity contribution >= 4 is 5.97 Å². The summed E-state index contributed by atoms with van der Waals surface area (Å²) in [4.78, 5) is 10.3. The van der Waals surface area contributed by atoms with E-state index in [1.165, 1.54) is 0 Å². The van der Waals surface area contributed by atoms with Crippen molar-refractivity contribution in [1.29, 1.82) is 0 Å². The van der Waals surface area contributed by atoms with E-state index in [4.69, 9.17) is 14.6 Å². The van der Waals surface area contributed by atoms with Crippen LogP contribution in [0, 0.1) is 0 Å². The molecule has 1 rings (SSSR count). The minimum absolute atomic E-state index is 0.240. The van der Waals surface area contributed by atoms with Crippen LogP contribution in [0.25, 0.3) is 0 Å². The topological polar surface area (TPSA) is 55.8 Å². The standard InChI is InChI=1S/C12H22O4/c1-9-7-11(8-10(2)16-9)15-6-4-3-5-12(13)14/h9-11H,3-8H2,1-2H3,(H,13,14). The lowest BCUT2D eigenvalue weighted by Crippen LogP contribution is -2.34. The third-order valence-electron chi connectivity index (χ3n) is 2.79. The summed E-state index contributed by atoms with van der Waals surface area (Å²) in [5.41, 5.74) is 0. The molecule has 2 unspecified atom stereocenters. The van der Waals surface area contributed by atoms with Gasteiger partial charge in [0.2, 0.25) is 0 Å². The number of carbonyl (C=O) groups is 1. The van der Waals surface area contributed by atoms with Gasteiger partial charge in [-0.2, -0.15) is 0 Å². The fourth-order valence-electron chi connectivity index (χ4n) is 2.11. The van der Waals surface area contributed by atoms with E-state index < -0.39 is 5.97 Å². The Kier molecular flexibility index (Phi) is 5.77. The molecule has 1 fully saturated rings. The molecule has 4 heteroatoms. The molecule has 1 saturated heterocycles. The van der Waals surface area contributed by atoms with Crippen LogP contribution in [0.2, 0.25) is 0 Å². The Morgan fingerprint density at radius 2 is 1.94 bits per heavy atom. The third kappa shape index (κ3) is 5.47. The van der Waals surface area contributed by atoms with E-state index in [2.05, 4.69) is 13.8 Å². The summed E-state index contributed by atoms with van der Waals surface area (Å²) >= 11 is 0. The van der Waals surface area contributed by atoms with Crippen molar-refractivity contribution < 1.29 is 19.4 Å². The number of ether oxygens (including phenoxy) is 2. The summed E-state index contributed by atoms with van der Waals surface area (Å²) in [6, 6.07) is 0. The third-order valence-corrected chi connectivity index (χ3v) is 2.79. The molecule has 2 atom stereocenters. The van der Waals surface area contributed by atoms with Crippen molar-refractivity contribution in [2.75, 3.05) is 6.61 Å². The molecule has 0 spiro atoms. The van der Waals surface area contributed by atoms with Crippen LogP contribution in [0.4, 0.5) is 0 Å². The molecule has 0 saturated carbocycles. The van der Waals surface area contributed by atoms with E-state index in [9.17, 15) is 4.79 Å². The summed E-state index contributed by atoms with van der Waals surface area (Å²) in [5.74, 6) is -0.728. The maximum Gasteiger partial charge on any atom is 0.303 e. The van der Waals surface area contributed by atoms with Crippen LogP contribution in [-0.2, 0) is 14.3 Å². The molecule has 0 radical (unpaired) electrons. The van der Waals surface area contributed by atoms with Crippen LogP contribution >= 0.6 is 0 Å². The monoisotopic (exact) mass is 230 g/mol. The molecule has 0 aromatic rings. The van der Waals surface area contributed by atoms with Gasteiger partial charge in [0.15, 0.2) is 0 Å². The molecular formula is C12H22O4. The molecule has 0 bridgehead atoms. The van der Waals surface area contributed by atoms with Crippen molar-refractivity contribution in [3.63, 3.8) is 0 Å². The van der Waals surface area contributed by atoms with Crippen molar-refractivity contribution in [3.05, 3.63) is 0 Å². The summed E-state index contributed by atoms with van der Waals surface area (Å²) in [6.45, 7) is 4.80.